The van der Waals surface area contributed by atoms with Gasteiger partial charge in [0.2, 0.25) is 0 Å². The standard InChI is InChI=1S/C13H15N3O2S2/c17-16(18)11-6-4-10(5-7-11)12-14-20-13(19-12)15-8-2-1-3-9-15/h4-7,13H,1-3,8-9H2. The molecule has 1 aromatic carbocycles. The van der Waals surface area contributed by atoms with Crippen molar-refractivity contribution in [2.24, 2.45) is 4.40 Å². The Hall–Kier alpha value is -1.05. The minimum atomic E-state index is -0.376. The summed E-state index contributed by atoms with van der Waals surface area (Å²) in [6.45, 7) is 2.29. The van der Waals surface area contributed by atoms with E-state index < -0.39 is 0 Å². The van der Waals surface area contributed by atoms with Gasteiger partial charge in [0.05, 0.1) is 4.92 Å². The van der Waals surface area contributed by atoms with Gasteiger partial charge in [0.25, 0.3) is 5.69 Å². The third-order valence-electron chi connectivity index (χ3n) is 3.45. The fourth-order valence-corrected chi connectivity index (χ4v) is 4.68. The Morgan fingerprint density at radius 1 is 1.20 bits per heavy atom. The first-order chi connectivity index (χ1) is 9.74. The largest absolute Gasteiger partial charge is 0.281 e. The summed E-state index contributed by atoms with van der Waals surface area (Å²) in [5.74, 6) is 0. The average molecular weight is 309 g/mol. The van der Waals surface area contributed by atoms with Crippen LogP contribution >= 0.6 is 23.7 Å². The molecule has 0 saturated carbocycles. The minimum Gasteiger partial charge on any atom is -0.281 e. The van der Waals surface area contributed by atoms with Crippen molar-refractivity contribution >= 4 is 34.4 Å². The zero-order chi connectivity index (χ0) is 13.9. The zero-order valence-corrected chi connectivity index (χ0v) is 12.5. The fraction of sp³-hybridized carbons (Fsp3) is 0.462. The van der Waals surface area contributed by atoms with E-state index in [-0.39, 0.29) is 10.6 Å². The molecule has 0 aromatic heterocycles. The Labute approximate surface area is 126 Å². The predicted molar refractivity (Wildman–Crippen MR) is 84.0 cm³/mol. The third-order valence-corrected chi connectivity index (χ3v) is 5.93. The molecule has 0 radical (unpaired) electrons. The van der Waals surface area contributed by atoms with E-state index in [1.54, 1.807) is 35.8 Å². The number of thioether (sulfide) groups is 1. The van der Waals surface area contributed by atoms with Crippen LogP contribution in [0.15, 0.2) is 28.7 Å². The summed E-state index contributed by atoms with van der Waals surface area (Å²) in [5.41, 5.74) is 1.09. The van der Waals surface area contributed by atoms with E-state index in [0.29, 0.717) is 4.71 Å². The van der Waals surface area contributed by atoms with E-state index in [9.17, 15) is 10.1 Å². The highest BCUT2D eigenvalue weighted by Crippen LogP contribution is 2.39. The Balaban J connectivity index is 1.65. The van der Waals surface area contributed by atoms with Crippen LogP contribution in [0.2, 0.25) is 0 Å². The SMILES string of the molecule is O=[N+]([O-])c1ccc(C2=NSC(N3CCCCC3)S2)cc1. The van der Waals surface area contributed by atoms with Crippen LogP contribution in [0.25, 0.3) is 0 Å². The van der Waals surface area contributed by atoms with Gasteiger partial charge in [-0.2, -0.15) is 0 Å². The first-order valence-electron chi connectivity index (χ1n) is 6.63. The second-order valence-corrected chi connectivity index (χ2v) is 7.03. The van der Waals surface area contributed by atoms with Crippen LogP contribution in [0.5, 0.6) is 0 Å². The smallest absolute Gasteiger partial charge is 0.269 e. The third kappa shape index (κ3) is 2.99. The molecular weight excluding hydrogens is 294 g/mol. The number of nitro groups is 1. The number of likely N-dealkylation sites (tertiary alicyclic amines) is 1. The molecule has 2 heterocycles. The van der Waals surface area contributed by atoms with Gasteiger partial charge in [0, 0.05) is 42.7 Å². The van der Waals surface area contributed by atoms with Crippen molar-refractivity contribution in [1.29, 1.82) is 0 Å². The molecule has 20 heavy (non-hydrogen) atoms. The van der Waals surface area contributed by atoms with Gasteiger partial charge in [-0.15, -0.1) is 0 Å². The summed E-state index contributed by atoms with van der Waals surface area (Å²) >= 11 is 3.36. The Bertz CT molecular complexity index is 527. The van der Waals surface area contributed by atoms with E-state index >= 15 is 0 Å². The number of piperidine rings is 1. The lowest BCUT2D eigenvalue weighted by atomic mass is 10.1. The van der Waals surface area contributed by atoms with Crippen molar-refractivity contribution in [2.45, 2.75) is 24.0 Å². The predicted octanol–water partition coefficient (Wildman–Crippen LogP) is 3.51. The Kier molecular flexibility index (Phi) is 4.28. The van der Waals surface area contributed by atoms with E-state index in [2.05, 4.69) is 9.30 Å². The molecule has 0 bridgehead atoms. The number of nitro benzene ring substituents is 1. The van der Waals surface area contributed by atoms with E-state index in [4.69, 9.17) is 0 Å². The number of nitrogens with zero attached hydrogens (tertiary/aromatic N) is 3. The lowest BCUT2D eigenvalue weighted by Gasteiger charge is -2.29. The molecule has 1 saturated heterocycles. The summed E-state index contributed by atoms with van der Waals surface area (Å²) in [4.78, 5) is 12.7. The molecule has 106 valence electrons. The van der Waals surface area contributed by atoms with Crippen molar-refractivity contribution in [2.75, 3.05) is 13.1 Å². The first-order valence-corrected chi connectivity index (χ1v) is 8.35. The summed E-state index contributed by atoms with van der Waals surface area (Å²) in [7, 11) is 0. The number of benzene rings is 1. The molecule has 5 nitrogen and oxygen atoms in total. The number of hydrogen-bond donors (Lipinski definition) is 0. The van der Waals surface area contributed by atoms with Gasteiger partial charge in [0.1, 0.15) is 9.75 Å². The van der Waals surface area contributed by atoms with Crippen molar-refractivity contribution < 1.29 is 4.92 Å². The topological polar surface area (TPSA) is 58.7 Å². The normalized spacial score (nSPS) is 23.6. The van der Waals surface area contributed by atoms with Crippen LogP contribution in [0.1, 0.15) is 24.8 Å². The maximum atomic E-state index is 10.7. The van der Waals surface area contributed by atoms with Crippen LogP contribution in [0.3, 0.4) is 0 Å². The van der Waals surface area contributed by atoms with Gasteiger partial charge in [0.15, 0.2) is 0 Å². The molecule has 1 fully saturated rings. The van der Waals surface area contributed by atoms with Crippen LogP contribution < -0.4 is 0 Å². The molecule has 0 N–H and O–H groups in total. The molecule has 2 aliphatic heterocycles. The lowest BCUT2D eigenvalue weighted by molar-refractivity contribution is -0.384. The number of rotatable bonds is 3. The zero-order valence-electron chi connectivity index (χ0n) is 10.9. The van der Waals surface area contributed by atoms with Crippen LogP contribution in [-0.2, 0) is 0 Å². The molecule has 1 atom stereocenters. The summed E-state index contributed by atoms with van der Waals surface area (Å²) in [6.07, 6.45) is 3.86. The maximum absolute atomic E-state index is 10.7. The first kappa shape index (κ1) is 13.9. The Morgan fingerprint density at radius 3 is 2.55 bits per heavy atom. The Morgan fingerprint density at radius 2 is 1.90 bits per heavy atom. The highest BCUT2D eigenvalue weighted by atomic mass is 32.2. The lowest BCUT2D eigenvalue weighted by Crippen LogP contribution is -2.34. The maximum Gasteiger partial charge on any atom is 0.269 e. The van der Waals surface area contributed by atoms with E-state index in [0.717, 1.165) is 23.7 Å². The summed E-state index contributed by atoms with van der Waals surface area (Å²) < 4.78 is 4.88. The molecule has 0 amide bonds. The molecule has 2 aliphatic rings. The highest BCUT2D eigenvalue weighted by Gasteiger charge is 2.28. The quantitative estimate of drug-likeness (QED) is 0.486. The van der Waals surface area contributed by atoms with Crippen LogP contribution in [0.4, 0.5) is 5.69 Å². The van der Waals surface area contributed by atoms with Gasteiger partial charge in [-0.05, 0) is 25.0 Å². The van der Waals surface area contributed by atoms with E-state index in [1.165, 1.54) is 31.4 Å². The summed E-state index contributed by atoms with van der Waals surface area (Å²) in [6, 6.07) is 6.64. The molecule has 0 spiro atoms. The van der Waals surface area contributed by atoms with Crippen LogP contribution in [-0.4, -0.2) is 32.7 Å². The van der Waals surface area contributed by atoms with Crippen molar-refractivity contribution in [1.82, 2.24) is 4.90 Å². The van der Waals surface area contributed by atoms with Gasteiger partial charge in [-0.1, -0.05) is 18.2 Å². The minimum absolute atomic E-state index is 0.123. The second kappa shape index (κ2) is 6.15. The van der Waals surface area contributed by atoms with Crippen molar-refractivity contribution in [3.8, 4) is 0 Å². The molecule has 7 heteroatoms. The molecule has 3 rings (SSSR count). The number of hydrogen-bond acceptors (Lipinski definition) is 6. The molecule has 0 aliphatic carbocycles. The number of non-ortho nitro benzene ring substituents is 1. The fourth-order valence-electron chi connectivity index (χ4n) is 2.35. The van der Waals surface area contributed by atoms with Gasteiger partial charge in [-0.3, -0.25) is 15.0 Å². The monoisotopic (exact) mass is 309 g/mol. The van der Waals surface area contributed by atoms with Gasteiger partial charge >= 0.3 is 0 Å². The van der Waals surface area contributed by atoms with Crippen molar-refractivity contribution in [3.05, 3.63) is 39.9 Å². The molecule has 1 unspecified atom stereocenters. The van der Waals surface area contributed by atoms with Gasteiger partial charge in [-0.25, -0.2) is 4.40 Å². The van der Waals surface area contributed by atoms with Crippen molar-refractivity contribution in [3.63, 3.8) is 0 Å². The molecular formula is C13H15N3O2S2. The second-order valence-electron chi connectivity index (χ2n) is 4.83. The van der Waals surface area contributed by atoms with Crippen LogP contribution in [0, 0.1) is 10.1 Å². The van der Waals surface area contributed by atoms with E-state index in [1.807, 2.05) is 0 Å². The molecule has 1 aromatic rings. The van der Waals surface area contributed by atoms with Gasteiger partial charge < -0.3 is 0 Å². The highest BCUT2D eigenvalue weighted by molar-refractivity contribution is 8.28. The average Bonchev–Trinajstić information content (AvgIpc) is 2.98. The summed E-state index contributed by atoms with van der Waals surface area (Å²) in [5, 5.41) is 11.6.